The predicted molar refractivity (Wildman–Crippen MR) is 124 cm³/mol. The number of hydrogen-bond acceptors (Lipinski definition) is 3. The van der Waals surface area contributed by atoms with Crippen molar-refractivity contribution < 1.29 is 19.0 Å². The van der Waals surface area contributed by atoms with E-state index in [2.05, 4.69) is 23.1 Å². The number of aliphatic carboxylic acids is 1. The van der Waals surface area contributed by atoms with Gasteiger partial charge < -0.3 is 14.7 Å². The maximum absolute atomic E-state index is 14.0. The monoisotopic (exact) mass is 437 g/mol. The molecule has 0 unspecified atom stereocenters. The van der Waals surface area contributed by atoms with E-state index in [4.69, 9.17) is 4.74 Å². The van der Waals surface area contributed by atoms with E-state index in [1.165, 1.54) is 11.6 Å². The summed E-state index contributed by atoms with van der Waals surface area (Å²) in [6.45, 7) is 6.52. The van der Waals surface area contributed by atoms with E-state index >= 15 is 0 Å². The molecule has 1 aromatic rings. The van der Waals surface area contributed by atoms with Gasteiger partial charge in [-0.25, -0.2) is 4.39 Å². The molecule has 1 aliphatic carbocycles. The summed E-state index contributed by atoms with van der Waals surface area (Å²) >= 11 is 0. The van der Waals surface area contributed by atoms with Crippen molar-refractivity contribution in [2.75, 3.05) is 19.6 Å². The van der Waals surface area contributed by atoms with Crippen LogP contribution in [0.25, 0.3) is 5.57 Å². The van der Waals surface area contributed by atoms with Crippen molar-refractivity contribution in [1.82, 2.24) is 4.90 Å². The van der Waals surface area contributed by atoms with Gasteiger partial charge in [0.1, 0.15) is 18.2 Å². The van der Waals surface area contributed by atoms with Gasteiger partial charge in [-0.2, -0.15) is 0 Å². The third kappa shape index (κ3) is 4.31. The summed E-state index contributed by atoms with van der Waals surface area (Å²) < 4.78 is 20.1. The smallest absolute Gasteiger partial charge is 0.310 e. The zero-order valence-electron chi connectivity index (χ0n) is 19.0. The maximum atomic E-state index is 14.0. The van der Waals surface area contributed by atoms with Crippen molar-refractivity contribution in [1.29, 1.82) is 0 Å². The van der Waals surface area contributed by atoms with Gasteiger partial charge >= 0.3 is 5.97 Å². The van der Waals surface area contributed by atoms with Crippen LogP contribution in [0.2, 0.25) is 0 Å². The Labute approximate surface area is 189 Å². The molecule has 5 heteroatoms. The Morgan fingerprint density at radius 2 is 1.88 bits per heavy atom. The van der Waals surface area contributed by atoms with Crippen LogP contribution in [0, 0.1) is 11.2 Å². The lowest BCUT2D eigenvalue weighted by molar-refractivity contribution is -0.150. The van der Waals surface area contributed by atoms with Crippen LogP contribution in [0.3, 0.4) is 0 Å². The molecular formula is C27H32FNO3. The molecule has 32 heavy (non-hydrogen) atoms. The van der Waals surface area contributed by atoms with Crippen LogP contribution in [0.1, 0.15) is 57.1 Å². The van der Waals surface area contributed by atoms with Crippen LogP contribution in [0.5, 0.6) is 0 Å². The second-order valence-electron chi connectivity index (χ2n) is 8.96. The lowest BCUT2D eigenvalue weighted by Gasteiger charge is -2.37. The van der Waals surface area contributed by atoms with E-state index in [0.29, 0.717) is 26.0 Å². The number of benzene rings is 1. The third-order valence-corrected chi connectivity index (χ3v) is 7.23. The molecule has 1 saturated heterocycles. The molecule has 2 heterocycles. The minimum absolute atomic E-state index is 0.251. The second kappa shape index (κ2) is 9.45. The molecule has 0 aromatic heterocycles. The normalized spacial score (nSPS) is 19.2. The molecular weight excluding hydrogens is 405 g/mol. The van der Waals surface area contributed by atoms with Crippen molar-refractivity contribution in [2.45, 2.75) is 52.6 Å². The molecule has 1 N–H and O–H groups in total. The molecule has 170 valence electrons. The number of rotatable bonds is 5. The lowest BCUT2D eigenvalue weighted by atomic mass is 9.80. The number of carbonyl (C=O) groups is 1. The number of hydrogen-bond donors (Lipinski definition) is 1. The number of carboxylic acids is 1. The fourth-order valence-corrected chi connectivity index (χ4v) is 5.05. The Hall–Kier alpha value is -2.66. The Morgan fingerprint density at radius 3 is 2.56 bits per heavy atom. The first kappa shape index (κ1) is 22.5. The number of carboxylic acid groups (broad SMARTS) is 1. The summed E-state index contributed by atoms with van der Waals surface area (Å²) in [6.07, 6.45) is 12.2. The SMILES string of the molecule is CCC(CC)(CN1CCC(=C2C3=C(C=CCC=C3)OCc3cc(F)ccc32)CC1)C(=O)O. The zero-order valence-corrected chi connectivity index (χ0v) is 19.0. The minimum Gasteiger partial charge on any atom is -0.488 e. The predicted octanol–water partition coefficient (Wildman–Crippen LogP) is 5.87. The highest BCUT2D eigenvalue weighted by Crippen LogP contribution is 2.40. The number of fused-ring (bicyclic) bond motifs is 1. The Kier molecular flexibility index (Phi) is 6.66. The van der Waals surface area contributed by atoms with E-state index in [0.717, 1.165) is 60.4 Å². The highest BCUT2D eigenvalue weighted by Gasteiger charge is 2.37. The van der Waals surface area contributed by atoms with Crippen LogP contribution >= 0.6 is 0 Å². The molecule has 4 nitrogen and oxygen atoms in total. The van der Waals surface area contributed by atoms with E-state index in [-0.39, 0.29) is 5.82 Å². The second-order valence-corrected chi connectivity index (χ2v) is 8.96. The van der Waals surface area contributed by atoms with Crippen LogP contribution in [-0.4, -0.2) is 35.6 Å². The first-order valence-electron chi connectivity index (χ1n) is 11.6. The van der Waals surface area contributed by atoms with E-state index in [9.17, 15) is 14.3 Å². The van der Waals surface area contributed by atoms with Crippen molar-refractivity contribution in [3.8, 4) is 0 Å². The molecule has 0 amide bonds. The number of ether oxygens (including phenoxy) is 1. The number of piperidine rings is 1. The van der Waals surface area contributed by atoms with Gasteiger partial charge in [-0.05, 0) is 61.4 Å². The third-order valence-electron chi connectivity index (χ3n) is 7.23. The number of allylic oxidation sites excluding steroid dienone is 6. The van der Waals surface area contributed by atoms with E-state index in [1.54, 1.807) is 6.07 Å². The van der Waals surface area contributed by atoms with Gasteiger partial charge in [-0.15, -0.1) is 0 Å². The van der Waals surface area contributed by atoms with Crippen LogP contribution in [0.15, 0.2) is 59.4 Å². The first-order chi connectivity index (χ1) is 15.5. The van der Waals surface area contributed by atoms with Gasteiger partial charge in [-0.1, -0.05) is 43.7 Å². The molecule has 1 aromatic carbocycles. The van der Waals surface area contributed by atoms with Crippen molar-refractivity contribution in [3.63, 3.8) is 0 Å². The average molecular weight is 438 g/mol. The molecule has 1 fully saturated rings. The Bertz CT molecular complexity index is 1000. The summed E-state index contributed by atoms with van der Waals surface area (Å²) in [7, 11) is 0. The summed E-state index contributed by atoms with van der Waals surface area (Å²) in [5.41, 5.74) is 4.78. The molecule has 0 radical (unpaired) electrons. The first-order valence-corrected chi connectivity index (χ1v) is 11.6. The number of nitrogens with zero attached hydrogens (tertiary/aromatic N) is 1. The lowest BCUT2D eigenvalue weighted by Crippen LogP contribution is -2.44. The van der Waals surface area contributed by atoms with Gasteiger partial charge in [-0.3, -0.25) is 4.79 Å². The number of likely N-dealkylation sites (tertiary alicyclic amines) is 1. The average Bonchev–Trinajstić information content (AvgIpc) is 3.11. The molecule has 0 atom stereocenters. The standard InChI is InChI=1S/C27H32FNO3/c1-3-27(4-2,26(30)31)18-29-14-12-19(13-15-29)25-22-11-10-21(28)16-20(22)17-32-24-9-7-5-6-8-23(24)25/h6-11,16H,3-5,12-15,17-18H2,1-2H3,(H,30,31). The van der Waals surface area contributed by atoms with Crippen LogP contribution in [-0.2, 0) is 16.1 Å². The molecule has 0 saturated carbocycles. The maximum Gasteiger partial charge on any atom is 0.310 e. The Balaban J connectivity index is 1.68. The summed E-state index contributed by atoms with van der Waals surface area (Å²) in [5.74, 6) is -0.116. The molecule has 4 rings (SSSR count). The van der Waals surface area contributed by atoms with Gasteiger partial charge in [0, 0.05) is 30.8 Å². The van der Waals surface area contributed by atoms with Gasteiger partial charge in [0.25, 0.3) is 0 Å². The largest absolute Gasteiger partial charge is 0.488 e. The highest BCUT2D eigenvalue weighted by atomic mass is 19.1. The van der Waals surface area contributed by atoms with Gasteiger partial charge in [0.15, 0.2) is 0 Å². The minimum atomic E-state index is -0.700. The molecule has 2 aliphatic heterocycles. The summed E-state index contributed by atoms with van der Waals surface area (Å²) in [6, 6.07) is 4.99. The van der Waals surface area contributed by atoms with Gasteiger partial charge in [0.05, 0.1) is 5.41 Å². The molecule has 0 bridgehead atoms. The fraction of sp³-hybridized carbons (Fsp3) is 0.444. The highest BCUT2D eigenvalue weighted by molar-refractivity contribution is 5.87. The van der Waals surface area contributed by atoms with E-state index < -0.39 is 11.4 Å². The molecule has 3 aliphatic rings. The van der Waals surface area contributed by atoms with Crippen molar-refractivity contribution >= 4 is 11.5 Å². The van der Waals surface area contributed by atoms with Crippen molar-refractivity contribution in [3.05, 3.63) is 76.4 Å². The van der Waals surface area contributed by atoms with Crippen LogP contribution in [0.4, 0.5) is 4.39 Å². The quantitative estimate of drug-likeness (QED) is 0.626. The Morgan fingerprint density at radius 1 is 1.16 bits per heavy atom. The van der Waals surface area contributed by atoms with Crippen LogP contribution < -0.4 is 0 Å². The van der Waals surface area contributed by atoms with E-state index in [1.807, 2.05) is 26.0 Å². The topological polar surface area (TPSA) is 49.8 Å². The van der Waals surface area contributed by atoms with Gasteiger partial charge in [0.2, 0.25) is 0 Å². The zero-order chi connectivity index (χ0) is 22.7. The summed E-state index contributed by atoms with van der Waals surface area (Å²) in [5, 5.41) is 9.83. The molecule has 0 spiro atoms. The number of halogens is 1. The summed E-state index contributed by atoms with van der Waals surface area (Å²) in [4.78, 5) is 14.3. The fourth-order valence-electron chi connectivity index (χ4n) is 5.05. The van der Waals surface area contributed by atoms with Crippen molar-refractivity contribution in [2.24, 2.45) is 5.41 Å².